The summed E-state index contributed by atoms with van der Waals surface area (Å²) in [6.45, 7) is 6.08. The van der Waals surface area contributed by atoms with Crippen molar-refractivity contribution in [2.45, 2.75) is 39.7 Å². The summed E-state index contributed by atoms with van der Waals surface area (Å²) in [7, 11) is 3.49. The van der Waals surface area contributed by atoms with E-state index in [4.69, 9.17) is 0 Å². The summed E-state index contributed by atoms with van der Waals surface area (Å²) < 4.78 is 0. The number of guanidine groups is 1. The van der Waals surface area contributed by atoms with Crippen LogP contribution >= 0.6 is 11.3 Å². The van der Waals surface area contributed by atoms with E-state index in [1.165, 1.54) is 9.75 Å². The van der Waals surface area contributed by atoms with E-state index in [0.717, 1.165) is 32.4 Å². The summed E-state index contributed by atoms with van der Waals surface area (Å²) in [5, 5.41) is 6.58. The molecule has 0 aliphatic heterocycles. The van der Waals surface area contributed by atoms with E-state index in [0.29, 0.717) is 5.96 Å². The molecule has 2 N–H and O–H groups in total. The van der Waals surface area contributed by atoms with Crippen LogP contribution < -0.4 is 10.6 Å². The third kappa shape index (κ3) is 6.93. The molecule has 0 aliphatic rings. The van der Waals surface area contributed by atoms with Crippen molar-refractivity contribution in [3.63, 3.8) is 0 Å². The summed E-state index contributed by atoms with van der Waals surface area (Å²) in [4.78, 5) is 20.2. The number of carbonyl (C=O) groups excluding carboxylic acids is 1. The highest BCUT2D eigenvalue weighted by atomic mass is 32.1. The average molecular weight is 324 g/mol. The number of amides is 1. The van der Waals surface area contributed by atoms with E-state index in [1.807, 2.05) is 11.3 Å². The number of likely N-dealkylation sites (N-methyl/N-ethyl adjacent to an activating group) is 1. The number of nitrogens with zero attached hydrogens (tertiary/aromatic N) is 2. The van der Waals surface area contributed by atoms with E-state index in [2.05, 4.69) is 41.6 Å². The van der Waals surface area contributed by atoms with Gasteiger partial charge in [0.1, 0.15) is 6.54 Å². The molecule has 0 bridgehead atoms. The number of hydrogen-bond acceptors (Lipinski definition) is 3. The molecule has 1 amide bonds. The molecule has 0 radical (unpaired) electrons. The SMILES string of the molecule is CCCCNC(=NCC(=O)N(C)C)NCc1ccc(CC)s1. The summed E-state index contributed by atoms with van der Waals surface area (Å²) in [5.74, 6) is 0.705. The first kappa shape index (κ1) is 18.5. The molecule has 6 heteroatoms. The molecule has 5 nitrogen and oxygen atoms in total. The number of thiophene rings is 1. The molecule has 0 aliphatic carbocycles. The van der Waals surface area contributed by atoms with Crippen LogP contribution in [0.25, 0.3) is 0 Å². The predicted molar refractivity (Wildman–Crippen MR) is 94.4 cm³/mol. The lowest BCUT2D eigenvalue weighted by Crippen LogP contribution is -2.38. The maximum absolute atomic E-state index is 11.7. The van der Waals surface area contributed by atoms with Gasteiger partial charge in [0.25, 0.3) is 0 Å². The highest BCUT2D eigenvalue weighted by Crippen LogP contribution is 2.16. The Labute approximate surface area is 137 Å². The van der Waals surface area contributed by atoms with Crippen molar-refractivity contribution in [2.24, 2.45) is 4.99 Å². The zero-order valence-corrected chi connectivity index (χ0v) is 14.9. The number of nitrogens with one attached hydrogen (secondary N) is 2. The molecular formula is C16H28N4OS. The second-order valence-corrected chi connectivity index (χ2v) is 6.56. The Hall–Kier alpha value is -1.56. The minimum atomic E-state index is 0.000911. The number of carbonyl (C=O) groups is 1. The number of aryl methyl sites for hydroxylation is 1. The average Bonchev–Trinajstić information content (AvgIpc) is 2.97. The molecule has 124 valence electrons. The van der Waals surface area contributed by atoms with Gasteiger partial charge in [0.15, 0.2) is 5.96 Å². The van der Waals surface area contributed by atoms with Crippen LogP contribution in [0.5, 0.6) is 0 Å². The Kier molecular flexibility index (Phi) is 8.58. The fourth-order valence-corrected chi connectivity index (χ4v) is 2.62. The van der Waals surface area contributed by atoms with E-state index >= 15 is 0 Å². The molecule has 1 aromatic rings. The van der Waals surface area contributed by atoms with E-state index in [9.17, 15) is 4.79 Å². The second kappa shape index (κ2) is 10.2. The summed E-state index contributed by atoms with van der Waals surface area (Å²) in [6, 6.07) is 4.31. The molecule has 22 heavy (non-hydrogen) atoms. The first-order valence-electron chi connectivity index (χ1n) is 7.86. The van der Waals surface area contributed by atoms with Crippen molar-refractivity contribution < 1.29 is 4.79 Å². The Morgan fingerprint density at radius 1 is 1.23 bits per heavy atom. The Balaban J connectivity index is 2.56. The Morgan fingerprint density at radius 2 is 1.95 bits per heavy atom. The van der Waals surface area contributed by atoms with Crippen LogP contribution in [0.3, 0.4) is 0 Å². The maximum Gasteiger partial charge on any atom is 0.243 e. The van der Waals surface area contributed by atoms with Crippen LogP contribution in [-0.4, -0.2) is 44.0 Å². The number of rotatable bonds is 8. The molecule has 1 rings (SSSR count). The van der Waals surface area contributed by atoms with Gasteiger partial charge >= 0.3 is 0 Å². The quantitative estimate of drug-likeness (QED) is 0.438. The lowest BCUT2D eigenvalue weighted by molar-refractivity contribution is -0.127. The van der Waals surface area contributed by atoms with Crippen molar-refractivity contribution in [1.82, 2.24) is 15.5 Å². The number of hydrogen-bond donors (Lipinski definition) is 2. The maximum atomic E-state index is 11.7. The molecule has 1 heterocycles. The predicted octanol–water partition coefficient (Wildman–Crippen LogP) is 2.23. The van der Waals surface area contributed by atoms with Gasteiger partial charge in [0.2, 0.25) is 5.91 Å². The standard InChI is InChI=1S/C16H28N4OS/c1-5-7-10-17-16(19-12-15(21)20(3)4)18-11-14-9-8-13(6-2)22-14/h8-9H,5-7,10-12H2,1-4H3,(H2,17,18,19). The van der Waals surface area contributed by atoms with Gasteiger partial charge in [-0.15, -0.1) is 11.3 Å². The van der Waals surface area contributed by atoms with Crippen LogP contribution in [0.1, 0.15) is 36.4 Å². The lowest BCUT2D eigenvalue weighted by Gasteiger charge is -2.13. The molecular weight excluding hydrogens is 296 g/mol. The van der Waals surface area contributed by atoms with Gasteiger partial charge in [-0.2, -0.15) is 0 Å². The highest BCUT2D eigenvalue weighted by molar-refractivity contribution is 7.11. The van der Waals surface area contributed by atoms with Crippen molar-refractivity contribution in [1.29, 1.82) is 0 Å². The topological polar surface area (TPSA) is 56.7 Å². The van der Waals surface area contributed by atoms with Crippen LogP contribution in [0.15, 0.2) is 17.1 Å². The van der Waals surface area contributed by atoms with Gasteiger partial charge in [0.05, 0.1) is 6.54 Å². The van der Waals surface area contributed by atoms with Crippen molar-refractivity contribution in [3.8, 4) is 0 Å². The highest BCUT2D eigenvalue weighted by Gasteiger charge is 2.05. The first-order valence-corrected chi connectivity index (χ1v) is 8.68. The fraction of sp³-hybridized carbons (Fsp3) is 0.625. The second-order valence-electron chi connectivity index (χ2n) is 5.31. The summed E-state index contributed by atoms with van der Waals surface area (Å²) >= 11 is 1.81. The van der Waals surface area contributed by atoms with Crippen molar-refractivity contribution in [3.05, 3.63) is 21.9 Å². The third-order valence-electron chi connectivity index (χ3n) is 3.19. The van der Waals surface area contributed by atoms with Gasteiger partial charge in [-0.05, 0) is 25.0 Å². The van der Waals surface area contributed by atoms with E-state index < -0.39 is 0 Å². The third-order valence-corrected chi connectivity index (χ3v) is 4.42. The largest absolute Gasteiger partial charge is 0.356 e. The zero-order valence-electron chi connectivity index (χ0n) is 14.1. The van der Waals surface area contributed by atoms with Crippen molar-refractivity contribution in [2.75, 3.05) is 27.2 Å². The molecule has 1 aromatic heterocycles. The van der Waals surface area contributed by atoms with Gasteiger partial charge in [0, 0.05) is 30.4 Å². The molecule has 0 saturated heterocycles. The van der Waals surface area contributed by atoms with Crippen LogP contribution in [0.2, 0.25) is 0 Å². The van der Waals surface area contributed by atoms with Gasteiger partial charge < -0.3 is 15.5 Å². The molecule has 0 fully saturated rings. The van der Waals surface area contributed by atoms with Gasteiger partial charge in [-0.3, -0.25) is 4.79 Å². The number of unbranched alkanes of at least 4 members (excludes halogenated alkanes) is 1. The summed E-state index contributed by atoms with van der Waals surface area (Å²) in [5.41, 5.74) is 0. The molecule has 0 aromatic carbocycles. The summed E-state index contributed by atoms with van der Waals surface area (Å²) in [6.07, 6.45) is 3.28. The monoisotopic (exact) mass is 324 g/mol. The van der Waals surface area contributed by atoms with Gasteiger partial charge in [-0.1, -0.05) is 20.3 Å². The fourth-order valence-electron chi connectivity index (χ4n) is 1.72. The number of aliphatic imine (C=N–C) groups is 1. The van der Waals surface area contributed by atoms with Crippen LogP contribution in [-0.2, 0) is 17.8 Å². The normalized spacial score (nSPS) is 11.4. The minimum absolute atomic E-state index is 0.000911. The van der Waals surface area contributed by atoms with E-state index in [1.54, 1.807) is 19.0 Å². The molecule has 0 unspecified atom stereocenters. The minimum Gasteiger partial charge on any atom is -0.356 e. The first-order chi connectivity index (χ1) is 10.6. The smallest absolute Gasteiger partial charge is 0.243 e. The van der Waals surface area contributed by atoms with Gasteiger partial charge in [-0.25, -0.2) is 4.99 Å². The molecule has 0 spiro atoms. The lowest BCUT2D eigenvalue weighted by atomic mass is 10.3. The van der Waals surface area contributed by atoms with Crippen LogP contribution in [0, 0.1) is 0 Å². The zero-order chi connectivity index (χ0) is 16.4. The van der Waals surface area contributed by atoms with E-state index in [-0.39, 0.29) is 12.5 Å². The Morgan fingerprint density at radius 3 is 2.55 bits per heavy atom. The van der Waals surface area contributed by atoms with Crippen LogP contribution in [0.4, 0.5) is 0 Å². The Bertz CT molecular complexity index is 482. The molecule has 0 atom stereocenters. The van der Waals surface area contributed by atoms with Crippen molar-refractivity contribution >= 4 is 23.2 Å². The molecule has 0 saturated carbocycles.